The lowest BCUT2D eigenvalue weighted by Gasteiger charge is -2.04. The molecule has 0 aliphatic rings. The third kappa shape index (κ3) is 2.27. The monoisotopic (exact) mass is 285 g/mol. The van der Waals surface area contributed by atoms with E-state index in [-0.39, 0.29) is 17.9 Å². The van der Waals surface area contributed by atoms with Crippen molar-refractivity contribution in [2.75, 3.05) is 0 Å². The smallest absolute Gasteiger partial charge is 0.343 e. The van der Waals surface area contributed by atoms with E-state index < -0.39 is 4.92 Å². The number of hydrogen-bond donors (Lipinski definition) is 1. The highest BCUT2D eigenvalue weighted by atomic mass is 16.6. The summed E-state index contributed by atoms with van der Waals surface area (Å²) in [5.74, 6) is 0.698. The number of hydrogen-bond acceptors (Lipinski definition) is 5. The van der Waals surface area contributed by atoms with Crippen LogP contribution in [0.1, 0.15) is 11.6 Å². The Kier molecular flexibility index (Phi) is 2.98. The van der Waals surface area contributed by atoms with Gasteiger partial charge >= 0.3 is 5.82 Å². The van der Waals surface area contributed by atoms with Gasteiger partial charge < -0.3 is 15.1 Å². The maximum absolute atomic E-state index is 12.0. The molecule has 0 amide bonds. The number of aromatic amines is 1. The molecule has 1 aromatic carbocycles. The maximum atomic E-state index is 12.0. The normalized spacial score (nSPS) is 10.9. The Balaban J connectivity index is 2.09. The first-order valence-corrected chi connectivity index (χ1v) is 6.20. The first kappa shape index (κ1) is 13.0. The summed E-state index contributed by atoms with van der Waals surface area (Å²) < 4.78 is 1.40. The molecule has 1 N–H and O–H groups in total. The van der Waals surface area contributed by atoms with Gasteiger partial charge in [0.25, 0.3) is 5.56 Å². The molecule has 0 spiro atoms. The molecule has 2 aromatic heterocycles. The Labute approximate surface area is 118 Å². The maximum Gasteiger partial charge on any atom is 0.343 e. The zero-order valence-electron chi connectivity index (χ0n) is 11.1. The molecule has 3 rings (SSSR count). The van der Waals surface area contributed by atoms with E-state index in [9.17, 15) is 14.9 Å². The van der Waals surface area contributed by atoms with Gasteiger partial charge in [-0.1, -0.05) is 12.1 Å². The molecule has 0 fully saturated rings. The van der Waals surface area contributed by atoms with Crippen molar-refractivity contribution in [2.45, 2.75) is 13.5 Å². The summed E-state index contributed by atoms with van der Waals surface area (Å²) in [5.41, 5.74) is 0.285. The van der Waals surface area contributed by atoms with E-state index in [2.05, 4.69) is 15.0 Å². The van der Waals surface area contributed by atoms with Crippen LogP contribution in [0.2, 0.25) is 0 Å². The van der Waals surface area contributed by atoms with E-state index in [1.807, 2.05) is 0 Å². The molecule has 0 saturated heterocycles. The molecular weight excluding hydrogens is 274 g/mol. The van der Waals surface area contributed by atoms with Crippen LogP contribution >= 0.6 is 0 Å². The van der Waals surface area contributed by atoms with Gasteiger partial charge in [-0.05, 0) is 17.1 Å². The predicted octanol–water partition coefficient (Wildman–Crippen LogP) is 1.38. The third-order valence-electron chi connectivity index (χ3n) is 3.19. The Morgan fingerprint density at radius 1 is 1.38 bits per heavy atom. The Hall–Kier alpha value is -3.03. The van der Waals surface area contributed by atoms with Crippen LogP contribution in [0.25, 0.3) is 10.9 Å². The number of nitrogens with one attached hydrogen (secondary N) is 1. The fourth-order valence-electron chi connectivity index (χ4n) is 2.16. The van der Waals surface area contributed by atoms with E-state index in [1.54, 1.807) is 31.2 Å². The molecule has 0 atom stereocenters. The zero-order chi connectivity index (χ0) is 15.0. The summed E-state index contributed by atoms with van der Waals surface area (Å²) in [6.07, 6.45) is 1.19. The van der Waals surface area contributed by atoms with E-state index in [0.29, 0.717) is 22.6 Å². The van der Waals surface area contributed by atoms with Gasteiger partial charge in [-0.25, -0.2) is 14.5 Å². The molecule has 3 aromatic rings. The fraction of sp³-hybridized carbons (Fsp3) is 0.154. The van der Waals surface area contributed by atoms with Crippen molar-refractivity contribution in [3.63, 3.8) is 0 Å². The Morgan fingerprint density at radius 2 is 2.14 bits per heavy atom. The van der Waals surface area contributed by atoms with Crippen LogP contribution in [0.5, 0.6) is 0 Å². The third-order valence-corrected chi connectivity index (χ3v) is 3.19. The van der Waals surface area contributed by atoms with E-state index in [0.717, 1.165) is 0 Å². The van der Waals surface area contributed by atoms with Crippen molar-refractivity contribution < 1.29 is 4.92 Å². The summed E-state index contributed by atoms with van der Waals surface area (Å²) in [7, 11) is 0. The molecule has 0 aliphatic heterocycles. The van der Waals surface area contributed by atoms with E-state index in [4.69, 9.17) is 0 Å². The Morgan fingerprint density at radius 3 is 2.90 bits per heavy atom. The molecular formula is C13H11N5O3. The van der Waals surface area contributed by atoms with Crippen molar-refractivity contribution in [1.82, 2.24) is 19.5 Å². The lowest BCUT2D eigenvalue weighted by molar-refractivity contribution is -0.392. The van der Waals surface area contributed by atoms with Gasteiger partial charge in [0.15, 0.2) is 18.2 Å². The first-order chi connectivity index (χ1) is 10.1. The molecule has 0 unspecified atom stereocenters. The van der Waals surface area contributed by atoms with E-state index >= 15 is 0 Å². The van der Waals surface area contributed by atoms with Crippen molar-refractivity contribution in [3.05, 3.63) is 62.6 Å². The lowest BCUT2D eigenvalue weighted by atomic mass is 10.2. The first-order valence-electron chi connectivity index (χ1n) is 6.20. The van der Waals surface area contributed by atoms with Gasteiger partial charge in [-0.2, -0.15) is 0 Å². The number of para-hydroxylation sites is 1. The summed E-state index contributed by atoms with van der Waals surface area (Å²) in [5, 5.41) is 11.4. The number of fused-ring (bicyclic) bond motifs is 1. The second kappa shape index (κ2) is 4.82. The Bertz CT molecular complexity index is 896. The summed E-state index contributed by atoms with van der Waals surface area (Å²) >= 11 is 0. The number of imidazole rings is 1. The molecule has 0 bridgehead atoms. The quantitative estimate of drug-likeness (QED) is 0.578. The summed E-state index contributed by atoms with van der Waals surface area (Å²) in [4.78, 5) is 33.3. The van der Waals surface area contributed by atoms with Crippen molar-refractivity contribution >= 4 is 16.7 Å². The van der Waals surface area contributed by atoms with Gasteiger partial charge in [0.1, 0.15) is 6.20 Å². The predicted molar refractivity (Wildman–Crippen MR) is 75.1 cm³/mol. The zero-order valence-corrected chi connectivity index (χ0v) is 11.1. The van der Waals surface area contributed by atoms with Gasteiger partial charge in [-0.3, -0.25) is 4.79 Å². The van der Waals surface area contributed by atoms with Crippen LogP contribution in [-0.4, -0.2) is 24.4 Å². The topological polar surface area (TPSA) is 107 Å². The van der Waals surface area contributed by atoms with E-state index in [1.165, 1.54) is 10.8 Å². The molecule has 2 heterocycles. The molecule has 0 saturated carbocycles. The number of aryl methyl sites for hydroxylation is 1. The van der Waals surface area contributed by atoms with Crippen LogP contribution in [0, 0.1) is 17.0 Å². The van der Waals surface area contributed by atoms with Crippen LogP contribution in [0.3, 0.4) is 0 Å². The van der Waals surface area contributed by atoms with Crippen molar-refractivity contribution in [1.29, 1.82) is 0 Å². The lowest BCUT2D eigenvalue weighted by Crippen LogP contribution is -2.15. The minimum Gasteiger partial charge on any atom is -0.358 e. The van der Waals surface area contributed by atoms with Crippen molar-refractivity contribution in [2.24, 2.45) is 0 Å². The minimum absolute atomic E-state index is 0.0855. The minimum atomic E-state index is -0.515. The molecule has 0 aliphatic carbocycles. The second-order valence-electron chi connectivity index (χ2n) is 4.54. The fourth-order valence-corrected chi connectivity index (χ4v) is 2.16. The van der Waals surface area contributed by atoms with Gasteiger partial charge in [0.05, 0.1) is 10.9 Å². The standard InChI is InChI=1S/C13H11N5O3/c1-8-14-6-12(18(20)21)17(8)7-11-15-10-5-3-2-4-9(10)13(19)16-11/h2-6H,7H2,1H3,(H,15,16,19). The SMILES string of the molecule is Cc1ncc([N+](=O)[O-])n1Cc1nc2ccccc2c(=O)[nH]1. The number of rotatable bonds is 3. The number of aromatic nitrogens is 4. The second-order valence-corrected chi connectivity index (χ2v) is 4.54. The van der Waals surface area contributed by atoms with Crippen molar-refractivity contribution in [3.8, 4) is 0 Å². The molecule has 8 heteroatoms. The number of H-pyrrole nitrogens is 1. The van der Waals surface area contributed by atoms with Crippen LogP contribution in [0.15, 0.2) is 35.3 Å². The average molecular weight is 285 g/mol. The summed E-state index contributed by atoms with van der Waals surface area (Å²) in [6, 6.07) is 6.94. The highest BCUT2D eigenvalue weighted by molar-refractivity contribution is 5.77. The largest absolute Gasteiger partial charge is 0.358 e. The van der Waals surface area contributed by atoms with Gasteiger partial charge in [0, 0.05) is 6.92 Å². The highest BCUT2D eigenvalue weighted by Crippen LogP contribution is 2.15. The van der Waals surface area contributed by atoms with Gasteiger partial charge in [-0.15, -0.1) is 0 Å². The van der Waals surface area contributed by atoms with Crippen LogP contribution in [0.4, 0.5) is 5.82 Å². The number of nitrogens with zero attached hydrogens (tertiary/aromatic N) is 4. The molecule has 8 nitrogen and oxygen atoms in total. The molecule has 106 valence electrons. The number of benzene rings is 1. The highest BCUT2D eigenvalue weighted by Gasteiger charge is 2.18. The molecule has 0 radical (unpaired) electrons. The number of nitro groups is 1. The average Bonchev–Trinajstić information content (AvgIpc) is 2.80. The van der Waals surface area contributed by atoms with Crippen LogP contribution < -0.4 is 5.56 Å². The van der Waals surface area contributed by atoms with Crippen LogP contribution in [-0.2, 0) is 6.54 Å². The summed E-state index contributed by atoms with van der Waals surface area (Å²) in [6.45, 7) is 1.74. The van der Waals surface area contributed by atoms with Gasteiger partial charge in [0.2, 0.25) is 0 Å². The molecule has 21 heavy (non-hydrogen) atoms.